The number of unbranched alkanes of at least 4 members (excludes halogenated alkanes) is 4. The second kappa shape index (κ2) is 13.7. The molecule has 2 heteroatoms. The van der Waals surface area contributed by atoms with E-state index in [1.54, 1.807) is 0 Å². The standard InChI is InChI=1S/C32H40O2/c1-4-7-8-9-10-12-26-15-19-30(20-16-26)32(33)34-31(6-3)29-23-21-28(22-24-29)27-17-13-25(11-5-2)14-18-27/h13-24,31H,4-12H2,1-3H3. The highest BCUT2D eigenvalue weighted by Crippen LogP contribution is 2.27. The number of ether oxygens (including phenoxy) is 1. The van der Waals surface area contributed by atoms with Gasteiger partial charge < -0.3 is 4.74 Å². The quantitative estimate of drug-likeness (QED) is 0.189. The van der Waals surface area contributed by atoms with Crippen LogP contribution in [0.3, 0.4) is 0 Å². The zero-order chi connectivity index (χ0) is 24.2. The van der Waals surface area contributed by atoms with Gasteiger partial charge in [0.1, 0.15) is 6.10 Å². The van der Waals surface area contributed by atoms with Crippen LogP contribution in [-0.4, -0.2) is 5.97 Å². The molecular formula is C32H40O2. The molecule has 0 amide bonds. The highest BCUT2D eigenvalue weighted by Gasteiger charge is 2.16. The number of hydrogen-bond acceptors (Lipinski definition) is 2. The van der Waals surface area contributed by atoms with E-state index in [2.05, 4.69) is 81.4 Å². The van der Waals surface area contributed by atoms with Crippen molar-refractivity contribution < 1.29 is 9.53 Å². The Balaban J connectivity index is 1.57. The molecular weight excluding hydrogens is 416 g/mol. The van der Waals surface area contributed by atoms with E-state index in [4.69, 9.17) is 4.74 Å². The first-order valence-electron chi connectivity index (χ1n) is 13.1. The molecule has 1 atom stereocenters. The number of hydrogen-bond donors (Lipinski definition) is 0. The van der Waals surface area contributed by atoms with Crippen molar-refractivity contribution in [2.75, 3.05) is 0 Å². The second-order valence-electron chi connectivity index (χ2n) is 9.23. The predicted octanol–water partition coefficient (Wildman–Crippen LogP) is 9.13. The minimum absolute atomic E-state index is 0.244. The maximum Gasteiger partial charge on any atom is 0.338 e. The van der Waals surface area contributed by atoms with Crippen molar-refractivity contribution in [1.82, 2.24) is 0 Å². The van der Waals surface area contributed by atoms with Gasteiger partial charge in [0.15, 0.2) is 0 Å². The van der Waals surface area contributed by atoms with Gasteiger partial charge in [0.2, 0.25) is 0 Å². The van der Waals surface area contributed by atoms with Crippen molar-refractivity contribution >= 4 is 5.97 Å². The van der Waals surface area contributed by atoms with Gasteiger partial charge in [-0.3, -0.25) is 0 Å². The van der Waals surface area contributed by atoms with Gasteiger partial charge in [-0.2, -0.15) is 0 Å². The molecule has 0 saturated carbocycles. The summed E-state index contributed by atoms with van der Waals surface area (Å²) in [6.45, 7) is 6.50. The van der Waals surface area contributed by atoms with E-state index in [9.17, 15) is 4.79 Å². The number of aryl methyl sites for hydroxylation is 2. The average Bonchev–Trinajstić information content (AvgIpc) is 2.88. The molecule has 3 rings (SSSR count). The molecule has 34 heavy (non-hydrogen) atoms. The molecule has 3 aromatic carbocycles. The summed E-state index contributed by atoms with van der Waals surface area (Å²) in [4.78, 5) is 12.8. The molecule has 0 spiro atoms. The molecule has 0 aliphatic rings. The second-order valence-corrected chi connectivity index (χ2v) is 9.23. The Labute approximate surface area is 206 Å². The van der Waals surface area contributed by atoms with Crippen molar-refractivity contribution in [3.8, 4) is 11.1 Å². The highest BCUT2D eigenvalue weighted by atomic mass is 16.5. The van der Waals surface area contributed by atoms with E-state index >= 15 is 0 Å². The monoisotopic (exact) mass is 456 g/mol. The number of rotatable bonds is 13. The van der Waals surface area contributed by atoms with E-state index in [1.165, 1.54) is 54.4 Å². The summed E-state index contributed by atoms with van der Waals surface area (Å²) in [6, 6.07) is 25.1. The average molecular weight is 457 g/mol. The van der Waals surface area contributed by atoms with E-state index in [-0.39, 0.29) is 12.1 Å². The van der Waals surface area contributed by atoms with Crippen LogP contribution in [0.15, 0.2) is 72.8 Å². The van der Waals surface area contributed by atoms with Crippen molar-refractivity contribution in [2.45, 2.75) is 84.7 Å². The number of carbonyl (C=O) groups is 1. The van der Waals surface area contributed by atoms with Gasteiger partial charge in [-0.15, -0.1) is 0 Å². The predicted molar refractivity (Wildman–Crippen MR) is 143 cm³/mol. The summed E-state index contributed by atoms with van der Waals surface area (Å²) in [5.41, 5.74) is 6.71. The molecule has 0 radical (unpaired) electrons. The van der Waals surface area contributed by atoms with Crippen LogP contribution in [0.5, 0.6) is 0 Å². The normalized spacial score (nSPS) is 11.9. The molecule has 0 aliphatic carbocycles. The fourth-order valence-corrected chi connectivity index (χ4v) is 4.37. The van der Waals surface area contributed by atoms with Crippen molar-refractivity contribution in [3.63, 3.8) is 0 Å². The molecule has 2 nitrogen and oxygen atoms in total. The van der Waals surface area contributed by atoms with Crippen LogP contribution in [0.4, 0.5) is 0 Å². The fourth-order valence-electron chi connectivity index (χ4n) is 4.37. The maximum atomic E-state index is 12.8. The Hall–Kier alpha value is -2.87. The zero-order valence-electron chi connectivity index (χ0n) is 21.2. The molecule has 1 unspecified atom stereocenters. The van der Waals surface area contributed by atoms with E-state index in [0.29, 0.717) is 5.56 Å². The Morgan fingerprint density at radius 2 is 1.21 bits per heavy atom. The molecule has 0 fully saturated rings. The number of carbonyl (C=O) groups excluding carboxylic acids is 1. The molecule has 0 aromatic heterocycles. The van der Waals surface area contributed by atoms with Crippen LogP contribution in [0.1, 0.15) is 98.9 Å². The van der Waals surface area contributed by atoms with E-state index < -0.39 is 0 Å². The van der Waals surface area contributed by atoms with Crippen molar-refractivity contribution in [3.05, 3.63) is 95.1 Å². The summed E-state index contributed by atoms with van der Waals surface area (Å²) in [5, 5.41) is 0. The van der Waals surface area contributed by atoms with Crippen LogP contribution >= 0.6 is 0 Å². The van der Waals surface area contributed by atoms with E-state index in [1.807, 2.05) is 12.1 Å². The summed E-state index contributed by atoms with van der Waals surface area (Å²) in [7, 11) is 0. The number of benzene rings is 3. The summed E-state index contributed by atoms with van der Waals surface area (Å²) < 4.78 is 5.89. The van der Waals surface area contributed by atoms with E-state index in [0.717, 1.165) is 31.2 Å². The van der Waals surface area contributed by atoms with Gasteiger partial charge in [0, 0.05) is 0 Å². The third-order valence-electron chi connectivity index (χ3n) is 6.49. The SMILES string of the molecule is CCCCCCCc1ccc(C(=O)OC(CC)c2ccc(-c3ccc(CCC)cc3)cc2)cc1. The van der Waals surface area contributed by atoms with Gasteiger partial charge >= 0.3 is 5.97 Å². The molecule has 0 N–H and O–H groups in total. The molecule has 0 aliphatic heterocycles. The number of esters is 1. The Morgan fingerprint density at radius 1 is 0.647 bits per heavy atom. The molecule has 3 aromatic rings. The highest BCUT2D eigenvalue weighted by molar-refractivity contribution is 5.89. The topological polar surface area (TPSA) is 26.3 Å². The summed E-state index contributed by atoms with van der Waals surface area (Å²) in [6.07, 6.45) is 10.2. The lowest BCUT2D eigenvalue weighted by Gasteiger charge is -2.17. The molecule has 0 bridgehead atoms. The third kappa shape index (κ3) is 7.58. The minimum atomic E-state index is -0.253. The third-order valence-corrected chi connectivity index (χ3v) is 6.49. The first-order valence-corrected chi connectivity index (χ1v) is 13.1. The molecule has 0 heterocycles. The molecule has 180 valence electrons. The van der Waals surface area contributed by atoms with Gasteiger partial charge in [0.25, 0.3) is 0 Å². The lowest BCUT2D eigenvalue weighted by Crippen LogP contribution is -2.11. The summed E-state index contributed by atoms with van der Waals surface area (Å²) >= 11 is 0. The lowest BCUT2D eigenvalue weighted by atomic mass is 9.99. The first-order chi connectivity index (χ1) is 16.6. The Bertz CT molecular complexity index is 985. The van der Waals surface area contributed by atoms with Gasteiger partial charge in [0.05, 0.1) is 5.56 Å². The van der Waals surface area contributed by atoms with Crippen molar-refractivity contribution in [1.29, 1.82) is 0 Å². The Morgan fingerprint density at radius 3 is 1.79 bits per heavy atom. The van der Waals surface area contributed by atoms with Crippen molar-refractivity contribution in [2.24, 2.45) is 0 Å². The smallest absolute Gasteiger partial charge is 0.338 e. The minimum Gasteiger partial charge on any atom is -0.454 e. The van der Waals surface area contributed by atoms with Gasteiger partial charge in [-0.25, -0.2) is 4.79 Å². The van der Waals surface area contributed by atoms with Crippen LogP contribution in [0.2, 0.25) is 0 Å². The van der Waals surface area contributed by atoms with Crippen LogP contribution < -0.4 is 0 Å². The maximum absolute atomic E-state index is 12.8. The zero-order valence-corrected chi connectivity index (χ0v) is 21.2. The molecule has 0 saturated heterocycles. The Kier molecular flexibility index (Phi) is 10.4. The van der Waals surface area contributed by atoms with Gasteiger partial charge in [-0.1, -0.05) is 114 Å². The van der Waals surface area contributed by atoms with Crippen LogP contribution in [-0.2, 0) is 17.6 Å². The lowest BCUT2D eigenvalue weighted by molar-refractivity contribution is 0.0288. The largest absolute Gasteiger partial charge is 0.454 e. The van der Waals surface area contributed by atoms with Crippen LogP contribution in [0.25, 0.3) is 11.1 Å². The van der Waals surface area contributed by atoms with Crippen LogP contribution in [0, 0.1) is 0 Å². The fraction of sp³-hybridized carbons (Fsp3) is 0.406. The first kappa shape index (κ1) is 25.7. The van der Waals surface area contributed by atoms with Gasteiger partial charge in [-0.05, 0) is 65.6 Å². The summed E-state index contributed by atoms with van der Waals surface area (Å²) in [5.74, 6) is -0.253.